The number of allylic oxidation sites excluding steroid dienone is 7. The maximum absolute atomic E-state index is 4.60. The average molecular weight is 407 g/mol. The molecule has 0 aromatic heterocycles. The van der Waals surface area contributed by atoms with Gasteiger partial charge in [0.05, 0.1) is 5.69 Å². The molecule has 0 atom stereocenters. The fourth-order valence-electron chi connectivity index (χ4n) is 2.76. The summed E-state index contributed by atoms with van der Waals surface area (Å²) in [5.74, 6) is 2.25. The maximum atomic E-state index is 4.60. The van der Waals surface area contributed by atoms with Crippen molar-refractivity contribution in [1.29, 1.82) is 0 Å². The Morgan fingerprint density at radius 2 is 1.77 bits per heavy atom. The maximum Gasteiger partial charge on any atom is 0.0511 e. The molecule has 4 nitrogen and oxygen atoms in total. The molecule has 0 saturated carbocycles. The molecule has 1 aromatic carbocycles. The normalized spacial score (nSPS) is 14.3. The van der Waals surface area contributed by atoms with Crippen LogP contribution in [0.25, 0.3) is 5.57 Å². The highest BCUT2D eigenvalue weighted by molar-refractivity contribution is 5.89. The minimum absolute atomic E-state index is 0.871. The second kappa shape index (κ2) is 16.8. The minimum atomic E-state index is 0.871. The molecule has 1 heterocycles. The van der Waals surface area contributed by atoms with E-state index in [1.807, 2.05) is 54.3 Å². The smallest absolute Gasteiger partial charge is 0.0511 e. The number of rotatable bonds is 6. The molecule has 1 aliphatic heterocycles. The SMILES string of the molecule is C#CC.C/C=C\C=C1/CN(C(/C=C\C)=C/C=C/NC)c2cc(NC)ccc21.CNC. The van der Waals surface area contributed by atoms with Crippen LogP contribution >= 0.6 is 0 Å². The van der Waals surface area contributed by atoms with E-state index in [4.69, 9.17) is 0 Å². The van der Waals surface area contributed by atoms with Gasteiger partial charge in [-0.2, -0.15) is 0 Å². The van der Waals surface area contributed by atoms with Gasteiger partial charge in [-0.3, -0.25) is 0 Å². The molecule has 162 valence electrons. The molecule has 1 aliphatic rings. The Morgan fingerprint density at radius 3 is 2.30 bits per heavy atom. The van der Waals surface area contributed by atoms with Crippen molar-refractivity contribution in [3.8, 4) is 12.3 Å². The second-order valence-corrected chi connectivity index (χ2v) is 6.31. The predicted molar refractivity (Wildman–Crippen MR) is 137 cm³/mol. The van der Waals surface area contributed by atoms with Gasteiger partial charge >= 0.3 is 0 Å². The third kappa shape index (κ3) is 8.89. The first-order valence-corrected chi connectivity index (χ1v) is 10.1. The lowest BCUT2D eigenvalue weighted by molar-refractivity contribution is 1.02. The highest BCUT2D eigenvalue weighted by Crippen LogP contribution is 2.39. The summed E-state index contributed by atoms with van der Waals surface area (Å²) in [5, 5.41) is 9.02. The van der Waals surface area contributed by atoms with Gasteiger partial charge in [0, 0.05) is 37.6 Å². The van der Waals surface area contributed by atoms with Crippen molar-refractivity contribution >= 4 is 16.9 Å². The zero-order valence-corrected chi connectivity index (χ0v) is 19.6. The summed E-state index contributed by atoms with van der Waals surface area (Å²) in [6.07, 6.45) is 21.3. The number of anilines is 2. The molecule has 30 heavy (non-hydrogen) atoms. The standard InChI is InChI=1S/C21H27N3.C3H4.C2H7N/c1-5-7-10-17-16-24(19(9-6-2)11-8-14-22-3)21-15-18(23-4)12-13-20(17)21;2*1-3-2/h5-15,22-23H,16H2,1-4H3;1H,2H3;3H,1-2H3/b7-5-,9-6-,14-8+,17-10+,19-11+;;. The monoisotopic (exact) mass is 406 g/mol. The number of terminal acetylenes is 1. The van der Waals surface area contributed by atoms with E-state index in [0.717, 1.165) is 12.2 Å². The minimum Gasteiger partial charge on any atom is -0.394 e. The number of nitrogens with zero attached hydrogens (tertiary/aromatic N) is 1. The zero-order valence-electron chi connectivity index (χ0n) is 19.6. The van der Waals surface area contributed by atoms with Gasteiger partial charge in [-0.05, 0) is 77.0 Å². The summed E-state index contributed by atoms with van der Waals surface area (Å²) in [4.78, 5) is 2.35. The topological polar surface area (TPSA) is 39.3 Å². The molecule has 0 amide bonds. The van der Waals surface area contributed by atoms with Crippen LogP contribution in [0.4, 0.5) is 11.4 Å². The fourth-order valence-corrected chi connectivity index (χ4v) is 2.76. The second-order valence-electron chi connectivity index (χ2n) is 6.31. The van der Waals surface area contributed by atoms with Crippen LogP contribution in [0.2, 0.25) is 0 Å². The van der Waals surface area contributed by atoms with Crippen molar-refractivity contribution in [2.75, 3.05) is 45.0 Å². The Kier molecular flexibility index (Phi) is 15.0. The van der Waals surface area contributed by atoms with Gasteiger partial charge in [0.15, 0.2) is 0 Å². The van der Waals surface area contributed by atoms with E-state index in [-0.39, 0.29) is 0 Å². The van der Waals surface area contributed by atoms with Crippen molar-refractivity contribution in [3.05, 3.63) is 78.2 Å². The van der Waals surface area contributed by atoms with E-state index >= 15 is 0 Å². The van der Waals surface area contributed by atoms with Crippen LogP contribution in [0.1, 0.15) is 26.3 Å². The summed E-state index contributed by atoms with van der Waals surface area (Å²) in [7, 11) is 7.61. The lowest BCUT2D eigenvalue weighted by Crippen LogP contribution is -2.18. The largest absolute Gasteiger partial charge is 0.394 e. The Bertz CT molecular complexity index is 805. The summed E-state index contributed by atoms with van der Waals surface area (Å²) in [5.41, 5.74) is 6.15. The first-order chi connectivity index (χ1) is 14.6. The Labute approximate surface area is 184 Å². The molecular weight excluding hydrogens is 368 g/mol. The first-order valence-electron chi connectivity index (χ1n) is 10.1. The number of hydrogen-bond donors (Lipinski definition) is 3. The van der Waals surface area contributed by atoms with E-state index in [9.17, 15) is 0 Å². The van der Waals surface area contributed by atoms with Crippen LogP contribution in [-0.2, 0) is 0 Å². The van der Waals surface area contributed by atoms with Gasteiger partial charge in [0.25, 0.3) is 0 Å². The van der Waals surface area contributed by atoms with Crippen LogP contribution in [0.15, 0.2) is 72.6 Å². The molecule has 0 aliphatic carbocycles. The number of fused-ring (bicyclic) bond motifs is 1. The number of nitrogens with one attached hydrogen (secondary N) is 3. The van der Waals surface area contributed by atoms with E-state index in [1.54, 1.807) is 6.92 Å². The van der Waals surface area contributed by atoms with Gasteiger partial charge < -0.3 is 20.9 Å². The number of benzene rings is 1. The van der Waals surface area contributed by atoms with Gasteiger partial charge in [0.1, 0.15) is 0 Å². The lowest BCUT2D eigenvalue weighted by atomic mass is 10.1. The van der Waals surface area contributed by atoms with Crippen LogP contribution in [0.3, 0.4) is 0 Å². The van der Waals surface area contributed by atoms with Crippen LogP contribution in [0, 0.1) is 12.3 Å². The number of hydrogen-bond acceptors (Lipinski definition) is 4. The third-order valence-corrected chi connectivity index (χ3v) is 3.92. The van der Waals surface area contributed by atoms with Gasteiger partial charge in [-0.25, -0.2) is 0 Å². The van der Waals surface area contributed by atoms with Crippen molar-refractivity contribution in [3.63, 3.8) is 0 Å². The molecule has 3 N–H and O–H groups in total. The van der Waals surface area contributed by atoms with Crippen LogP contribution in [0.5, 0.6) is 0 Å². The summed E-state index contributed by atoms with van der Waals surface area (Å²) in [6.45, 7) is 6.62. The van der Waals surface area contributed by atoms with Crippen LogP contribution < -0.4 is 20.9 Å². The third-order valence-electron chi connectivity index (χ3n) is 3.92. The van der Waals surface area contributed by atoms with Crippen LogP contribution in [-0.4, -0.2) is 34.7 Å². The average Bonchev–Trinajstić information content (AvgIpc) is 3.10. The molecule has 0 saturated heterocycles. The molecular formula is C26H38N4. The van der Waals surface area contributed by atoms with E-state index in [1.165, 1.54) is 22.5 Å². The summed E-state index contributed by atoms with van der Waals surface area (Å²) < 4.78 is 0. The molecule has 0 spiro atoms. The molecule has 0 radical (unpaired) electrons. The van der Waals surface area contributed by atoms with Crippen molar-refractivity contribution in [1.82, 2.24) is 10.6 Å². The van der Waals surface area contributed by atoms with Crippen molar-refractivity contribution < 1.29 is 0 Å². The Balaban J connectivity index is 0.00000125. The van der Waals surface area contributed by atoms with E-state index in [2.05, 4.69) is 87.8 Å². The highest BCUT2D eigenvalue weighted by Gasteiger charge is 2.25. The molecule has 4 heteroatoms. The molecule has 1 aromatic rings. The quantitative estimate of drug-likeness (QED) is 0.450. The van der Waals surface area contributed by atoms with Gasteiger partial charge in [-0.1, -0.05) is 30.4 Å². The summed E-state index contributed by atoms with van der Waals surface area (Å²) >= 11 is 0. The van der Waals surface area contributed by atoms with E-state index < -0.39 is 0 Å². The molecule has 0 fully saturated rings. The first kappa shape index (κ1) is 26.8. The fraction of sp³-hybridized carbons (Fsp3) is 0.308. The predicted octanol–water partition coefficient (Wildman–Crippen LogP) is 5.18. The summed E-state index contributed by atoms with van der Waals surface area (Å²) in [6, 6.07) is 6.55. The van der Waals surface area contributed by atoms with Crippen molar-refractivity contribution in [2.45, 2.75) is 20.8 Å². The highest BCUT2D eigenvalue weighted by atomic mass is 15.2. The van der Waals surface area contributed by atoms with Crippen molar-refractivity contribution in [2.24, 2.45) is 0 Å². The zero-order chi connectivity index (χ0) is 22.8. The molecule has 0 unspecified atom stereocenters. The molecule has 0 bridgehead atoms. The van der Waals surface area contributed by atoms with Gasteiger partial charge in [0.2, 0.25) is 0 Å². The van der Waals surface area contributed by atoms with E-state index in [0.29, 0.717) is 0 Å². The Hall–Kier alpha value is -3.16. The van der Waals surface area contributed by atoms with Gasteiger partial charge in [-0.15, -0.1) is 12.3 Å². The lowest BCUT2D eigenvalue weighted by Gasteiger charge is -2.21. The Morgan fingerprint density at radius 1 is 1.10 bits per heavy atom. The molecule has 2 rings (SSSR count).